The molecule has 114 valence electrons. The van der Waals surface area contributed by atoms with Gasteiger partial charge in [-0.05, 0) is 19.3 Å². The number of rotatable bonds is 3. The number of hydrogen-bond donors (Lipinski definition) is 1. The molecule has 7 nitrogen and oxygen atoms in total. The van der Waals surface area contributed by atoms with Crippen LogP contribution in [-0.4, -0.2) is 43.2 Å². The van der Waals surface area contributed by atoms with Gasteiger partial charge in [0, 0.05) is 19.0 Å². The van der Waals surface area contributed by atoms with Crippen molar-refractivity contribution in [3.05, 3.63) is 22.7 Å². The zero-order valence-electron chi connectivity index (χ0n) is 12.4. The zero-order chi connectivity index (χ0) is 14.9. The van der Waals surface area contributed by atoms with Crippen LogP contribution in [0.3, 0.4) is 0 Å². The molecule has 0 aromatic carbocycles. The molecule has 8 heteroatoms. The lowest BCUT2D eigenvalue weighted by Crippen LogP contribution is -2.33. The number of aromatic amines is 1. The van der Waals surface area contributed by atoms with Gasteiger partial charge in [-0.2, -0.15) is 0 Å². The Bertz CT molecular complexity index is 772. The molecule has 0 bridgehead atoms. The first kappa shape index (κ1) is 13.6. The Morgan fingerprint density at radius 2 is 2.09 bits per heavy atom. The van der Waals surface area contributed by atoms with E-state index in [0.29, 0.717) is 5.92 Å². The van der Waals surface area contributed by atoms with Crippen LogP contribution >= 0.6 is 11.3 Å². The maximum Gasteiger partial charge on any atom is 0.182 e. The van der Waals surface area contributed by atoms with E-state index < -0.39 is 0 Å². The highest BCUT2D eigenvalue weighted by Gasteiger charge is 2.25. The van der Waals surface area contributed by atoms with E-state index in [0.717, 1.165) is 54.3 Å². The first-order valence-electron chi connectivity index (χ1n) is 7.56. The van der Waals surface area contributed by atoms with E-state index in [9.17, 15) is 0 Å². The third-order valence-electron chi connectivity index (χ3n) is 4.13. The van der Waals surface area contributed by atoms with E-state index in [1.54, 1.807) is 24.0 Å². The predicted octanol–water partition coefficient (Wildman–Crippen LogP) is 2.15. The van der Waals surface area contributed by atoms with Crippen molar-refractivity contribution in [1.82, 2.24) is 30.1 Å². The molecule has 1 fully saturated rings. The summed E-state index contributed by atoms with van der Waals surface area (Å²) in [6, 6.07) is 0. The monoisotopic (exact) mass is 315 g/mol. The third-order valence-corrected chi connectivity index (χ3v) is 5.36. The van der Waals surface area contributed by atoms with Crippen LogP contribution < -0.4 is 4.90 Å². The van der Waals surface area contributed by atoms with Gasteiger partial charge in [0.25, 0.3) is 0 Å². The van der Waals surface area contributed by atoms with Crippen molar-refractivity contribution >= 4 is 28.3 Å². The Kier molecular flexibility index (Phi) is 3.45. The Morgan fingerprint density at radius 3 is 2.86 bits per heavy atom. The number of H-pyrrole nitrogens is 1. The topological polar surface area (TPSA) is 83.5 Å². The summed E-state index contributed by atoms with van der Waals surface area (Å²) in [5.74, 6) is 1.47. The molecule has 1 N–H and O–H groups in total. The Labute approximate surface area is 131 Å². The van der Waals surface area contributed by atoms with E-state index >= 15 is 0 Å². The van der Waals surface area contributed by atoms with Gasteiger partial charge in [0.2, 0.25) is 0 Å². The number of aryl methyl sites for hydroxylation is 1. The molecular formula is C14H17N7S. The van der Waals surface area contributed by atoms with Gasteiger partial charge in [-0.3, -0.25) is 0 Å². The summed E-state index contributed by atoms with van der Waals surface area (Å²) in [6.45, 7) is 4.06. The first-order chi connectivity index (χ1) is 10.8. The molecule has 0 saturated carbocycles. The Balaban J connectivity index is 1.51. The van der Waals surface area contributed by atoms with E-state index in [1.165, 1.54) is 5.01 Å². The highest BCUT2D eigenvalue weighted by molar-refractivity contribution is 7.11. The maximum absolute atomic E-state index is 4.44. The molecule has 0 atom stereocenters. The maximum atomic E-state index is 4.44. The van der Waals surface area contributed by atoms with Crippen LogP contribution in [-0.2, 0) is 6.42 Å². The summed E-state index contributed by atoms with van der Waals surface area (Å²) in [4.78, 5) is 18.3. The SMILES string of the molecule is CCc1nnc(C2CCN(c3ncnc4nc[nH]c34)CC2)s1. The number of nitrogens with zero attached hydrogens (tertiary/aromatic N) is 6. The number of anilines is 1. The number of piperidine rings is 1. The van der Waals surface area contributed by atoms with Crippen molar-refractivity contribution < 1.29 is 0 Å². The number of aromatic nitrogens is 6. The normalized spacial score (nSPS) is 16.5. The summed E-state index contributed by atoms with van der Waals surface area (Å²) >= 11 is 1.76. The molecule has 0 aliphatic carbocycles. The molecule has 3 aromatic rings. The van der Waals surface area contributed by atoms with Crippen molar-refractivity contribution in [3.63, 3.8) is 0 Å². The summed E-state index contributed by atoms with van der Waals surface area (Å²) < 4.78 is 0. The van der Waals surface area contributed by atoms with E-state index in [4.69, 9.17) is 0 Å². The van der Waals surface area contributed by atoms with E-state index in [2.05, 4.69) is 42.0 Å². The molecule has 0 radical (unpaired) electrons. The molecule has 4 rings (SSSR count). The number of fused-ring (bicyclic) bond motifs is 1. The molecular weight excluding hydrogens is 298 g/mol. The van der Waals surface area contributed by atoms with Crippen LogP contribution in [0.5, 0.6) is 0 Å². The summed E-state index contributed by atoms with van der Waals surface area (Å²) in [5, 5.41) is 10.9. The zero-order valence-corrected chi connectivity index (χ0v) is 13.2. The van der Waals surface area contributed by atoms with Gasteiger partial charge < -0.3 is 9.88 Å². The highest BCUT2D eigenvalue weighted by Crippen LogP contribution is 2.32. The van der Waals surface area contributed by atoms with Gasteiger partial charge in [-0.1, -0.05) is 6.92 Å². The van der Waals surface area contributed by atoms with Crippen LogP contribution in [0.15, 0.2) is 12.7 Å². The van der Waals surface area contributed by atoms with Gasteiger partial charge >= 0.3 is 0 Å². The van der Waals surface area contributed by atoms with Crippen LogP contribution in [0.4, 0.5) is 5.82 Å². The fraction of sp³-hybridized carbons (Fsp3) is 0.500. The van der Waals surface area contributed by atoms with Crippen molar-refractivity contribution in [1.29, 1.82) is 0 Å². The van der Waals surface area contributed by atoms with Gasteiger partial charge in [-0.25, -0.2) is 15.0 Å². The molecule has 4 heterocycles. The van der Waals surface area contributed by atoms with Gasteiger partial charge in [0.1, 0.15) is 21.9 Å². The number of imidazole rings is 1. The number of hydrogen-bond acceptors (Lipinski definition) is 7. The second-order valence-electron chi connectivity index (χ2n) is 5.45. The summed E-state index contributed by atoms with van der Waals surface area (Å²) in [6.07, 6.45) is 6.39. The molecule has 1 aliphatic heterocycles. The minimum Gasteiger partial charge on any atom is -0.355 e. The largest absolute Gasteiger partial charge is 0.355 e. The number of nitrogens with one attached hydrogen (secondary N) is 1. The average molecular weight is 315 g/mol. The second-order valence-corrected chi connectivity index (χ2v) is 6.54. The quantitative estimate of drug-likeness (QED) is 0.797. The van der Waals surface area contributed by atoms with Gasteiger partial charge in [0.05, 0.1) is 6.33 Å². The molecule has 3 aromatic heterocycles. The van der Waals surface area contributed by atoms with Crippen LogP contribution in [0, 0.1) is 0 Å². The van der Waals surface area contributed by atoms with Gasteiger partial charge in [0.15, 0.2) is 11.5 Å². The Morgan fingerprint density at radius 1 is 1.23 bits per heavy atom. The van der Waals surface area contributed by atoms with Crippen molar-refractivity contribution in [2.24, 2.45) is 0 Å². The molecule has 0 spiro atoms. The summed E-state index contributed by atoms with van der Waals surface area (Å²) in [5.41, 5.74) is 1.65. The van der Waals surface area contributed by atoms with Gasteiger partial charge in [-0.15, -0.1) is 21.5 Å². The first-order valence-corrected chi connectivity index (χ1v) is 8.38. The lowest BCUT2D eigenvalue weighted by Gasteiger charge is -2.31. The second kappa shape index (κ2) is 5.60. The fourth-order valence-corrected chi connectivity index (χ4v) is 3.86. The molecule has 0 unspecified atom stereocenters. The molecule has 1 saturated heterocycles. The van der Waals surface area contributed by atoms with Crippen molar-refractivity contribution in [2.75, 3.05) is 18.0 Å². The average Bonchev–Trinajstić information content (AvgIpc) is 3.23. The third kappa shape index (κ3) is 2.33. The minimum absolute atomic E-state index is 0.521. The lowest BCUT2D eigenvalue weighted by molar-refractivity contribution is 0.499. The van der Waals surface area contributed by atoms with Crippen LogP contribution in [0.1, 0.15) is 35.7 Å². The lowest BCUT2D eigenvalue weighted by atomic mass is 9.97. The Hall–Kier alpha value is -2.09. The van der Waals surface area contributed by atoms with E-state index in [-0.39, 0.29) is 0 Å². The van der Waals surface area contributed by atoms with Crippen LogP contribution in [0.25, 0.3) is 11.2 Å². The molecule has 22 heavy (non-hydrogen) atoms. The van der Waals surface area contributed by atoms with Crippen LogP contribution in [0.2, 0.25) is 0 Å². The van der Waals surface area contributed by atoms with Crippen molar-refractivity contribution in [3.8, 4) is 0 Å². The van der Waals surface area contributed by atoms with Crippen molar-refractivity contribution in [2.45, 2.75) is 32.1 Å². The predicted molar refractivity (Wildman–Crippen MR) is 85.2 cm³/mol. The summed E-state index contributed by atoms with van der Waals surface area (Å²) in [7, 11) is 0. The minimum atomic E-state index is 0.521. The molecule has 1 aliphatic rings. The highest BCUT2D eigenvalue weighted by atomic mass is 32.1. The standard InChI is InChI=1S/C14H17N7S/c1-2-10-19-20-14(22-10)9-3-5-21(6-4-9)13-11-12(16-7-15-11)17-8-18-13/h7-9H,2-6H2,1H3,(H,15,16,17,18). The van der Waals surface area contributed by atoms with E-state index in [1.807, 2.05) is 0 Å². The fourth-order valence-electron chi connectivity index (χ4n) is 2.90. The smallest absolute Gasteiger partial charge is 0.182 e. The molecule has 0 amide bonds.